The summed E-state index contributed by atoms with van der Waals surface area (Å²) >= 11 is 0. The van der Waals surface area contributed by atoms with E-state index in [1.165, 1.54) is 16.7 Å². The molecular weight excluding hydrogens is 450 g/mol. The van der Waals surface area contributed by atoms with Crippen LogP contribution >= 0.6 is 0 Å². The van der Waals surface area contributed by atoms with Crippen molar-refractivity contribution in [1.82, 2.24) is 34.8 Å². The number of piperazine rings is 1. The molecule has 0 amide bonds. The van der Waals surface area contributed by atoms with Crippen LogP contribution in [-0.4, -0.2) is 55.2 Å². The van der Waals surface area contributed by atoms with E-state index < -0.39 is 0 Å². The van der Waals surface area contributed by atoms with Crippen molar-refractivity contribution in [3.8, 4) is 0 Å². The minimum atomic E-state index is 0.398. The number of anilines is 3. The summed E-state index contributed by atoms with van der Waals surface area (Å²) in [7, 11) is 2.02. The zero-order chi connectivity index (χ0) is 24.6. The molecule has 4 heterocycles. The van der Waals surface area contributed by atoms with Crippen molar-refractivity contribution in [2.24, 2.45) is 7.05 Å². The van der Waals surface area contributed by atoms with E-state index in [-0.39, 0.29) is 0 Å². The number of hydrogen-bond acceptors (Lipinski definition) is 8. The van der Waals surface area contributed by atoms with Gasteiger partial charge in [-0.05, 0) is 61.2 Å². The SMILES string of the molecule is Cc1cc(Nc2ncnc3cnc(N4CCN[C@H](C)C4)nc23)ccc1Cc1ccc2c(c1)ncn2C. The van der Waals surface area contributed by atoms with Gasteiger partial charge in [-0.25, -0.2) is 24.9 Å². The average Bonchev–Trinajstić information content (AvgIpc) is 3.25. The Balaban J connectivity index is 1.25. The van der Waals surface area contributed by atoms with Crippen LogP contribution in [0.15, 0.2) is 55.2 Å². The molecule has 6 rings (SSSR count). The molecule has 36 heavy (non-hydrogen) atoms. The molecule has 0 spiro atoms. The van der Waals surface area contributed by atoms with Gasteiger partial charge in [-0.2, -0.15) is 0 Å². The van der Waals surface area contributed by atoms with Crippen molar-refractivity contribution in [2.45, 2.75) is 26.3 Å². The Labute approximate surface area is 209 Å². The second-order valence-electron chi connectivity index (χ2n) is 9.55. The van der Waals surface area contributed by atoms with Gasteiger partial charge >= 0.3 is 0 Å². The van der Waals surface area contributed by atoms with E-state index >= 15 is 0 Å². The summed E-state index contributed by atoms with van der Waals surface area (Å²) in [5.41, 5.74) is 8.32. The summed E-state index contributed by atoms with van der Waals surface area (Å²) in [6.07, 6.45) is 6.05. The van der Waals surface area contributed by atoms with Crippen LogP contribution in [0.4, 0.5) is 17.5 Å². The topological polar surface area (TPSA) is 96.7 Å². The molecular formula is C27H29N9. The highest BCUT2D eigenvalue weighted by molar-refractivity contribution is 5.87. The number of imidazole rings is 1. The summed E-state index contributed by atoms with van der Waals surface area (Å²) in [4.78, 5) is 25.0. The zero-order valence-electron chi connectivity index (χ0n) is 20.7. The first kappa shape index (κ1) is 22.4. The fraction of sp³-hybridized carbons (Fsp3) is 0.296. The highest BCUT2D eigenvalue weighted by atomic mass is 15.3. The Kier molecular flexibility index (Phi) is 5.69. The first-order chi connectivity index (χ1) is 17.5. The lowest BCUT2D eigenvalue weighted by Crippen LogP contribution is -2.49. The van der Waals surface area contributed by atoms with Crippen LogP contribution in [-0.2, 0) is 13.5 Å². The van der Waals surface area contributed by atoms with Gasteiger partial charge < -0.3 is 20.1 Å². The number of rotatable bonds is 5. The van der Waals surface area contributed by atoms with Gasteiger partial charge in [0.2, 0.25) is 5.95 Å². The third-order valence-corrected chi connectivity index (χ3v) is 6.81. The Morgan fingerprint density at radius 2 is 1.97 bits per heavy atom. The standard InChI is InChI=1S/C27H29N9/c1-17-10-21(6-5-20(17)11-19-4-7-24-22(12-19)32-16-35(24)3)33-26-25-23(30-15-31-26)13-29-27(34-25)36-9-8-28-18(2)14-36/h4-7,10,12-13,15-16,18,28H,8-9,11,14H2,1-3H3,(H,30,31,33)/t18-/m1/s1. The lowest BCUT2D eigenvalue weighted by molar-refractivity contribution is 0.480. The molecule has 2 aromatic carbocycles. The van der Waals surface area contributed by atoms with Crippen molar-refractivity contribution >= 4 is 39.5 Å². The molecule has 2 N–H and O–H groups in total. The van der Waals surface area contributed by atoms with Crippen LogP contribution in [0, 0.1) is 6.92 Å². The van der Waals surface area contributed by atoms with Crippen LogP contribution in [0.1, 0.15) is 23.6 Å². The van der Waals surface area contributed by atoms with E-state index in [0.29, 0.717) is 17.8 Å². The quantitative estimate of drug-likeness (QED) is 0.394. The minimum absolute atomic E-state index is 0.398. The van der Waals surface area contributed by atoms with Crippen molar-refractivity contribution in [2.75, 3.05) is 29.9 Å². The predicted octanol–water partition coefficient (Wildman–Crippen LogP) is 3.75. The monoisotopic (exact) mass is 479 g/mol. The van der Waals surface area contributed by atoms with E-state index in [9.17, 15) is 0 Å². The van der Waals surface area contributed by atoms with Crippen LogP contribution in [0.25, 0.3) is 22.1 Å². The summed E-state index contributed by atoms with van der Waals surface area (Å²) in [5.74, 6) is 1.39. The minimum Gasteiger partial charge on any atom is -0.338 e. The second kappa shape index (κ2) is 9.16. The lowest BCUT2D eigenvalue weighted by atomic mass is 9.99. The fourth-order valence-electron chi connectivity index (χ4n) is 4.82. The highest BCUT2D eigenvalue weighted by Gasteiger charge is 2.19. The Morgan fingerprint density at radius 3 is 2.83 bits per heavy atom. The van der Waals surface area contributed by atoms with E-state index in [1.54, 1.807) is 12.5 Å². The normalized spacial score (nSPS) is 16.1. The smallest absolute Gasteiger partial charge is 0.226 e. The average molecular weight is 480 g/mol. The first-order valence-electron chi connectivity index (χ1n) is 12.3. The maximum absolute atomic E-state index is 4.84. The molecule has 1 saturated heterocycles. The summed E-state index contributed by atoms with van der Waals surface area (Å²) in [6, 6.07) is 13.3. The summed E-state index contributed by atoms with van der Waals surface area (Å²) < 4.78 is 2.04. The van der Waals surface area contributed by atoms with Gasteiger partial charge in [0.25, 0.3) is 0 Å². The molecule has 0 radical (unpaired) electrons. The number of hydrogen-bond donors (Lipinski definition) is 2. The maximum atomic E-state index is 4.84. The van der Waals surface area contributed by atoms with Crippen molar-refractivity contribution in [3.63, 3.8) is 0 Å². The Bertz CT molecular complexity index is 1560. The molecule has 182 valence electrons. The molecule has 1 aliphatic heterocycles. The molecule has 1 fully saturated rings. The Morgan fingerprint density at radius 1 is 1.06 bits per heavy atom. The summed E-state index contributed by atoms with van der Waals surface area (Å²) in [6.45, 7) is 6.98. The van der Waals surface area contributed by atoms with E-state index in [0.717, 1.165) is 53.8 Å². The van der Waals surface area contributed by atoms with Gasteiger partial charge in [0, 0.05) is 38.4 Å². The maximum Gasteiger partial charge on any atom is 0.226 e. The molecule has 9 heteroatoms. The van der Waals surface area contributed by atoms with E-state index in [1.807, 2.05) is 17.9 Å². The molecule has 3 aromatic heterocycles. The number of aryl methyl sites for hydroxylation is 2. The molecule has 0 aliphatic carbocycles. The highest BCUT2D eigenvalue weighted by Crippen LogP contribution is 2.26. The van der Waals surface area contributed by atoms with Crippen LogP contribution < -0.4 is 15.5 Å². The van der Waals surface area contributed by atoms with Crippen molar-refractivity contribution in [1.29, 1.82) is 0 Å². The zero-order valence-corrected chi connectivity index (χ0v) is 20.7. The lowest BCUT2D eigenvalue weighted by Gasteiger charge is -2.31. The molecule has 5 aromatic rings. The van der Waals surface area contributed by atoms with Gasteiger partial charge in [0.15, 0.2) is 5.82 Å². The van der Waals surface area contributed by atoms with E-state index in [2.05, 4.69) is 85.7 Å². The van der Waals surface area contributed by atoms with Crippen LogP contribution in [0.3, 0.4) is 0 Å². The first-order valence-corrected chi connectivity index (χ1v) is 12.3. The van der Waals surface area contributed by atoms with Gasteiger partial charge in [-0.15, -0.1) is 0 Å². The fourth-order valence-corrected chi connectivity index (χ4v) is 4.82. The van der Waals surface area contributed by atoms with E-state index in [4.69, 9.17) is 4.98 Å². The number of benzene rings is 2. The number of nitrogens with zero attached hydrogens (tertiary/aromatic N) is 7. The Hall–Kier alpha value is -4.11. The molecule has 9 nitrogen and oxygen atoms in total. The van der Waals surface area contributed by atoms with Crippen LogP contribution in [0.5, 0.6) is 0 Å². The molecule has 0 unspecified atom stereocenters. The molecule has 0 bridgehead atoms. The van der Waals surface area contributed by atoms with Gasteiger partial charge in [-0.3, -0.25) is 0 Å². The molecule has 1 aliphatic rings. The third kappa shape index (κ3) is 4.33. The van der Waals surface area contributed by atoms with Gasteiger partial charge in [0.1, 0.15) is 17.4 Å². The van der Waals surface area contributed by atoms with Gasteiger partial charge in [0.05, 0.1) is 23.6 Å². The third-order valence-electron chi connectivity index (χ3n) is 6.81. The summed E-state index contributed by atoms with van der Waals surface area (Å²) in [5, 5.41) is 6.92. The van der Waals surface area contributed by atoms with Gasteiger partial charge in [-0.1, -0.05) is 12.1 Å². The molecule has 1 atom stereocenters. The van der Waals surface area contributed by atoms with Crippen molar-refractivity contribution in [3.05, 3.63) is 71.9 Å². The largest absolute Gasteiger partial charge is 0.338 e. The predicted molar refractivity (Wildman–Crippen MR) is 143 cm³/mol. The number of aromatic nitrogens is 6. The number of nitrogens with one attached hydrogen (secondary N) is 2. The van der Waals surface area contributed by atoms with Crippen LogP contribution in [0.2, 0.25) is 0 Å². The molecule has 0 saturated carbocycles. The second-order valence-corrected chi connectivity index (χ2v) is 9.55. The number of fused-ring (bicyclic) bond motifs is 2. The van der Waals surface area contributed by atoms with Crippen molar-refractivity contribution < 1.29 is 0 Å².